The molecule has 2 aromatic rings. The molecule has 2 aromatic carbocycles. The Morgan fingerprint density at radius 1 is 1.13 bits per heavy atom. The molecule has 1 fully saturated rings. The molecule has 0 spiro atoms. The molecular weight excluding hydrogens is 394 g/mol. The first-order valence-electron chi connectivity index (χ1n) is 10.4. The summed E-state index contributed by atoms with van der Waals surface area (Å²) < 4.78 is 10.3. The number of hydrogen-bond acceptors (Lipinski definition) is 6. The summed E-state index contributed by atoms with van der Waals surface area (Å²) in [5.74, 6) is 0.358. The highest BCUT2D eigenvalue weighted by Gasteiger charge is 2.23. The Balaban J connectivity index is 1.25. The predicted octanol–water partition coefficient (Wildman–Crippen LogP) is 2.17. The van der Waals surface area contributed by atoms with Crippen LogP contribution in [0.1, 0.15) is 32.6 Å². The summed E-state index contributed by atoms with van der Waals surface area (Å²) in [5, 5.41) is 9.09. The van der Waals surface area contributed by atoms with Gasteiger partial charge in [0.2, 0.25) is 5.91 Å². The number of amides is 1. The number of methoxy groups -OCH3 is 1. The standard InChI is InChI=1S/C24H25N3O4/c1-30-22-13-18(2-4-19(22)15-25)14-23(28)27-10-8-26(9-11-27)7-6-17-3-5-21-20(12-17)16-31-24(21)29/h2-5,12-13H,6-11,14,16H2,1H3. The number of nitriles is 1. The zero-order chi connectivity index (χ0) is 21.8. The van der Waals surface area contributed by atoms with Crippen LogP contribution in [0.4, 0.5) is 0 Å². The zero-order valence-corrected chi connectivity index (χ0v) is 17.6. The lowest BCUT2D eigenvalue weighted by molar-refractivity contribution is -0.132. The van der Waals surface area contributed by atoms with Crippen LogP contribution in [0.2, 0.25) is 0 Å². The molecule has 31 heavy (non-hydrogen) atoms. The minimum Gasteiger partial charge on any atom is -0.495 e. The van der Waals surface area contributed by atoms with E-state index >= 15 is 0 Å². The number of rotatable bonds is 6. The van der Waals surface area contributed by atoms with E-state index in [9.17, 15) is 9.59 Å². The summed E-state index contributed by atoms with van der Waals surface area (Å²) in [6.45, 7) is 4.39. The lowest BCUT2D eigenvalue weighted by Crippen LogP contribution is -2.49. The lowest BCUT2D eigenvalue weighted by Gasteiger charge is -2.35. The third kappa shape index (κ3) is 4.70. The monoisotopic (exact) mass is 419 g/mol. The van der Waals surface area contributed by atoms with E-state index in [2.05, 4.69) is 17.0 Å². The highest BCUT2D eigenvalue weighted by Crippen LogP contribution is 2.22. The van der Waals surface area contributed by atoms with Crippen LogP contribution in [-0.4, -0.2) is 61.5 Å². The minimum atomic E-state index is -0.234. The van der Waals surface area contributed by atoms with Gasteiger partial charge in [0, 0.05) is 38.3 Å². The first-order chi connectivity index (χ1) is 15.1. The molecule has 7 heteroatoms. The molecule has 0 saturated carbocycles. The number of nitrogens with zero attached hydrogens (tertiary/aromatic N) is 3. The number of hydrogen-bond donors (Lipinski definition) is 0. The minimum absolute atomic E-state index is 0.0923. The summed E-state index contributed by atoms with van der Waals surface area (Å²) in [6.07, 6.45) is 1.21. The maximum Gasteiger partial charge on any atom is 0.338 e. The van der Waals surface area contributed by atoms with Gasteiger partial charge in [0.1, 0.15) is 18.4 Å². The van der Waals surface area contributed by atoms with Crippen molar-refractivity contribution in [2.45, 2.75) is 19.4 Å². The molecule has 2 aliphatic heterocycles. The highest BCUT2D eigenvalue weighted by molar-refractivity contribution is 5.93. The Morgan fingerprint density at radius 2 is 1.90 bits per heavy atom. The first-order valence-corrected chi connectivity index (χ1v) is 10.4. The fraction of sp³-hybridized carbons (Fsp3) is 0.375. The smallest absolute Gasteiger partial charge is 0.338 e. The van der Waals surface area contributed by atoms with Crippen molar-refractivity contribution in [3.63, 3.8) is 0 Å². The Hall–Kier alpha value is -3.37. The molecule has 4 rings (SSSR count). The summed E-state index contributed by atoms with van der Waals surface area (Å²) >= 11 is 0. The van der Waals surface area contributed by atoms with Gasteiger partial charge in [0.05, 0.1) is 24.7 Å². The van der Waals surface area contributed by atoms with Crippen molar-refractivity contribution in [2.24, 2.45) is 0 Å². The Kier molecular flexibility index (Phi) is 6.19. The van der Waals surface area contributed by atoms with Crippen LogP contribution in [0.5, 0.6) is 5.75 Å². The second kappa shape index (κ2) is 9.19. The van der Waals surface area contributed by atoms with Crippen LogP contribution in [0.15, 0.2) is 36.4 Å². The summed E-state index contributed by atoms with van der Waals surface area (Å²) in [6, 6.07) is 13.3. The van der Waals surface area contributed by atoms with E-state index in [0.29, 0.717) is 43.0 Å². The van der Waals surface area contributed by atoms with Gasteiger partial charge in [-0.05, 0) is 35.7 Å². The number of benzene rings is 2. The molecule has 1 amide bonds. The van der Waals surface area contributed by atoms with E-state index < -0.39 is 0 Å². The normalized spacial score (nSPS) is 15.9. The molecule has 1 saturated heterocycles. The van der Waals surface area contributed by atoms with Gasteiger partial charge in [-0.25, -0.2) is 4.79 Å². The Bertz CT molecular complexity index is 1040. The lowest BCUT2D eigenvalue weighted by atomic mass is 10.0. The summed E-state index contributed by atoms with van der Waals surface area (Å²) in [5.41, 5.74) is 4.16. The van der Waals surface area contributed by atoms with Crippen molar-refractivity contribution in [1.82, 2.24) is 9.80 Å². The molecule has 0 bridgehead atoms. The molecule has 2 heterocycles. The highest BCUT2D eigenvalue weighted by atomic mass is 16.5. The van der Waals surface area contributed by atoms with Crippen LogP contribution < -0.4 is 4.74 Å². The van der Waals surface area contributed by atoms with Gasteiger partial charge in [0.25, 0.3) is 0 Å². The van der Waals surface area contributed by atoms with Crippen LogP contribution in [0.3, 0.4) is 0 Å². The van der Waals surface area contributed by atoms with E-state index in [-0.39, 0.29) is 11.9 Å². The molecule has 0 N–H and O–H groups in total. The van der Waals surface area contributed by atoms with Crippen molar-refractivity contribution in [3.05, 3.63) is 64.2 Å². The first kappa shape index (κ1) is 20.9. The topological polar surface area (TPSA) is 82.9 Å². The third-order valence-corrected chi connectivity index (χ3v) is 5.93. The molecular formula is C24H25N3O4. The number of esters is 1. The quantitative estimate of drug-likeness (QED) is 0.668. The van der Waals surface area contributed by atoms with Crippen molar-refractivity contribution in [2.75, 3.05) is 39.8 Å². The van der Waals surface area contributed by atoms with Gasteiger partial charge in [0.15, 0.2) is 0 Å². The van der Waals surface area contributed by atoms with E-state index in [1.165, 1.54) is 12.7 Å². The molecule has 0 radical (unpaired) electrons. The molecule has 160 valence electrons. The van der Waals surface area contributed by atoms with E-state index in [4.69, 9.17) is 14.7 Å². The van der Waals surface area contributed by atoms with Crippen molar-refractivity contribution in [3.8, 4) is 11.8 Å². The number of piperazine rings is 1. The number of fused-ring (bicyclic) bond motifs is 1. The molecule has 2 aliphatic rings. The summed E-state index contributed by atoms with van der Waals surface area (Å²) in [4.78, 5) is 28.5. The maximum absolute atomic E-state index is 12.7. The van der Waals surface area contributed by atoms with Crippen LogP contribution >= 0.6 is 0 Å². The van der Waals surface area contributed by atoms with E-state index in [1.807, 2.05) is 23.1 Å². The molecule has 0 aromatic heterocycles. The Morgan fingerprint density at radius 3 is 2.65 bits per heavy atom. The van der Waals surface area contributed by atoms with Crippen LogP contribution in [0.25, 0.3) is 0 Å². The fourth-order valence-corrected chi connectivity index (χ4v) is 4.07. The van der Waals surface area contributed by atoms with Crippen LogP contribution in [0, 0.1) is 11.3 Å². The zero-order valence-electron chi connectivity index (χ0n) is 17.6. The molecule has 7 nitrogen and oxygen atoms in total. The summed E-state index contributed by atoms with van der Waals surface area (Å²) in [7, 11) is 1.52. The van der Waals surface area contributed by atoms with Gasteiger partial charge in [-0.3, -0.25) is 9.69 Å². The van der Waals surface area contributed by atoms with Gasteiger partial charge in [-0.2, -0.15) is 5.26 Å². The number of cyclic esters (lactones) is 1. The van der Waals surface area contributed by atoms with Crippen LogP contribution in [-0.2, 0) is 29.0 Å². The average Bonchev–Trinajstić information content (AvgIpc) is 3.18. The number of carbonyl (C=O) groups is 2. The molecule has 0 atom stereocenters. The SMILES string of the molecule is COc1cc(CC(=O)N2CCN(CCc3ccc4c(c3)COC4=O)CC2)ccc1C#N. The van der Waals surface area contributed by atoms with Crippen molar-refractivity contribution >= 4 is 11.9 Å². The average molecular weight is 419 g/mol. The van der Waals surface area contributed by atoms with E-state index in [0.717, 1.165) is 37.2 Å². The maximum atomic E-state index is 12.7. The van der Waals surface area contributed by atoms with Crippen molar-refractivity contribution in [1.29, 1.82) is 5.26 Å². The second-order valence-electron chi connectivity index (χ2n) is 7.86. The number of ether oxygens (including phenoxy) is 2. The van der Waals surface area contributed by atoms with Gasteiger partial charge < -0.3 is 14.4 Å². The number of carbonyl (C=O) groups excluding carboxylic acids is 2. The predicted molar refractivity (Wildman–Crippen MR) is 114 cm³/mol. The third-order valence-electron chi connectivity index (χ3n) is 5.93. The van der Waals surface area contributed by atoms with Gasteiger partial charge in [-0.1, -0.05) is 18.2 Å². The van der Waals surface area contributed by atoms with Gasteiger partial charge in [-0.15, -0.1) is 0 Å². The van der Waals surface area contributed by atoms with E-state index in [1.54, 1.807) is 12.1 Å². The second-order valence-corrected chi connectivity index (χ2v) is 7.86. The van der Waals surface area contributed by atoms with Gasteiger partial charge >= 0.3 is 5.97 Å². The fourth-order valence-electron chi connectivity index (χ4n) is 4.07. The largest absolute Gasteiger partial charge is 0.495 e. The Labute approximate surface area is 181 Å². The molecule has 0 aliphatic carbocycles. The molecule has 0 unspecified atom stereocenters. The van der Waals surface area contributed by atoms with Crippen molar-refractivity contribution < 1.29 is 19.1 Å².